The summed E-state index contributed by atoms with van der Waals surface area (Å²) < 4.78 is 5.18. The molecule has 0 bridgehead atoms. The predicted octanol–water partition coefficient (Wildman–Crippen LogP) is 0.525. The number of nitrogens with zero attached hydrogens (tertiary/aromatic N) is 1. The average Bonchev–Trinajstić information content (AvgIpc) is 2.25. The summed E-state index contributed by atoms with van der Waals surface area (Å²) in [6, 6.07) is 3.41. The summed E-state index contributed by atoms with van der Waals surface area (Å²) in [5, 5.41) is 22.0. The Morgan fingerprint density at radius 2 is 2.25 bits per heavy atom. The van der Waals surface area contributed by atoms with Gasteiger partial charge in [0, 0.05) is 18.8 Å². The molecule has 0 fully saturated rings. The molecule has 0 saturated carbocycles. The quantitative estimate of drug-likeness (QED) is 0.659. The summed E-state index contributed by atoms with van der Waals surface area (Å²) in [6.07, 6.45) is 0.900. The number of nitrogens with one attached hydrogen (secondary N) is 1. The zero-order chi connectivity index (χ0) is 12.0. The third-order valence-electron chi connectivity index (χ3n) is 1.93. The van der Waals surface area contributed by atoms with Crippen LogP contribution in [0.4, 0.5) is 0 Å². The molecule has 0 spiro atoms. The van der Waals surface area contributed by atoms with E-state index in [0.717, 1.165) is 0 Å². The molecule has 1 unspecified atom stereocenters. The lowest BCUT2D eigenvalue weighted by molar-refractivity contribution is 0.100. The molecule has 1 aromatic heterocycles. The van der Waals surface area contributed by atoms with E-state index in [9.17, 15) is 10.2 Å². The summed E-state index contributed by atoms with van der Waals surface area (Å²) in [5.41, 5.74) is 0. The first-order chi connectivity index (χ1) is 7.59. The standard InChI is InChI=1S/C11H18N2O3/c1-8(2)13-6-9(14)7-16-11-10(15)4-3-5-12-11/h3-5,8-9,13-15H,6-7H2,1-2H3. The van der Waals surface area contributed by atoms with Gasteiger partial charge < -0.3 is 20.3 Å². The van der Waals surface area contributed by atoms with Crippen molar-refractivity contribution < 1.29 is 14.9 Å². The SMILES string of the molecule is CC(C)NCC(O)COc1ncccc1O. The van der Waals surface area contributed by atoms with Crippen molar-refractivity contribution in [3.8, 4) is 11.6 Å². The summed E-state index contributed by atoms with van der Waals surface area (Å²) in [4.78, 5) is 3.84. The zero-order valence-electron chi connectivity index (χ0n) is 9.55. The normalized spacial score (nSPS) is 12.8. The van der Waals surface area contributed by atoms with Crippen LogP contribution in [0, 0.1) is 0 Å². The number of hydrogen-bond acceptors (Lipinski definition) is 5. The second kappa shape index (κ2) is 6.30. The molecule has 1 heterocycles. The molecule has 5 nitrogen and oxygen atoms in total. The Morgan fingerprint density at radius 1 is 1.50 bits per heavy atom. The van der Waals surface area contributed by atoms with Gasteiger partial charge in [-0.3, -0.25) is 0 Å². The molecular weight excluding hydrogens is 208 g/mol. The summed E-state index contributed by atoms with van der Waals surface area (Å²) >= 11 is 0. The van der Waals surface area contributed by atoms with Gasteiger partial charge in [-0.15, -0.1) is 0 Å². The van der Waals surface area contributed by atoms with Crippen LogP contribution in [0.2, 0.25) is 0 Å². The van der Waals surface area contributed by atoms with Gasteiger partial charge in [0.1, 0.15) is 12.7 Å². The molecule has 5 heteroatoms. The Bertz CT molecular complexity index is 318. The Hall–Kier alpha value is -1.33. The highest BCUT2D eigenvalue weighted by atomic mass is 16.5. The third-order valence-corrected chi connectivity index (χ3v) is 1.93. The largest absolute Gasteiger partial charge is 0.503 e. The number of pyridine rings is 1. The van der Waals surface area contributed by atoms with E-state index in [4.69, 9.17) is 4.74 Å². The van der Waals surface area contributed by atoms with Crippen LogP contribution in [0.15, 0.2) is 18.3 Å². The van der Waals surface area contributed by atoms with Crippen LogP contribution < -0.4 is 10.1 Å². The maximum atomic E-state index is 9.55. The van der Waals surface area contributed by atoms with E-state index in [-0.39, 0.29) is 18.2 Å². The highest BCUT2D eigenvalue weighted by Gasteiger charge is 2.08. The molecule has 0 aliphatic rings. The van der Waals surface area contributed by atoms with Gasteiger partial charge in [-0.05, 0) is 12.1 Å². The van der Waals surface area contributed by atoms with E-state index >= 15 is 0 Å². The highest BCUT2D eigenvalue weighted by molar-refractivity contribution is 5.30. The second-order valence-corrected chi connectivity index (χ2v) is 3.86. The number of aromatic hydroxyl groups is 1. The first kappa shape index (κ1) is 12.7. The van der Waals surface area contributed by atoms with E-state index in [0.29, 0.717) is 12.6 Å². The van der Waals surface area contributed by atoms with Crippen LogP contribution in [-0.4, -0.2) is 40.5 Å². The molecular formula is C11H18N2O3. The molecule has 1 aromatic rings. The summed E-state index contributed by atoms with van der Waals surface area (Å²) in [5.74, 6) is 0.123. The van der Waals surface area contributed by atoms with Gasteiger partial charge in [-0.1, -0.05) is 13.8 Å². The van der Waals surface area contributed by atoms with Crippen LogP contribution in [-0.2, 0) is 0 Å². The molecule has 0 aliphatic carbocycles. The van der Waals surface area contributed by atoms with Crippen molar-refractivity contribution in [3.63, 3.8) is 0 Å². The second-order valence-electron chi connectivity index (χ2n) is 3.86. The van der Waals surface area contributed by atoms with E-state index < -0.39 is 6.10 Å². The van der Waals surface area contributed by atoms with E-state index in [1.165, 1.54) is 12.3 Å². The van der Waals surface area contributed by atoms with Gasteiger partial charge in [0.25, 0.3) is 5.88 Å². The van der Waals surface area contributed by atoms with Crippen LogP contribution in [0.3, 0.4) is 0 Å². The van der Waals surface area contributed by atoms with E-state index in [1.807, 2.05) is 13.8 Å². The van der Waals surface area contributed by atoms with E-state index in [1.54, 1.807) is 6.07 Å². The zero-order valence-corrected chi connectivity index (χ0v) is 9.55. The van der Waals surface area contributed by atoms with Crippen molar-refractivity contribution in [1.29, 1.82) is 0 Å². The van der Waals surface area contributed by atoms with Gasteiger partial charge in [-0.25, -0.2) is 4.98 Å². The first-order valence-electron chi connectivity index (χ1n) is 5.28. The Morgan fingerprint density at radius 3 is 2.88 bits per heavy atom. The van der Waals surface area contributed by atoms with Crippen molar-refractivity contribution in [2.45, 2.75) is 26.0 Å². The number of ether oxygens (including phenoxy) is 1. The van der Waals surface area contributed by atoms with Crippen LogP contribution in [0.5, 0.6) is 11.6 Å². The van der Waals surface area contributed by atoms with Gasteiger partial charge in [0.15, 0.2) is 5.75 Å². The van der Waals surface area contributed by atoms with Crippen LogP contribution in [0.1, 0.15) is 13.8 Å². The Balaban J connectivity index is 2.31. The monoisotopic (exact) mass is 226 g/mol. The maximum Gasteiger partial charge on any atom is 0.256 e. The Kier molecular flexibility index (Phi) is 5.01. The minimum Gasteiger partial charge on any atom is -0.503 e. The maximum absolute atomic E-state index is 9.55. The number of aromatic nitrogens is 1. The summed E-state index contributed by atoms with van der Waals surface area (Å²) in [6.45, 7) is 4.55. The average molecular weight is 226 g/mol. The minimum absolute atomic E-state index is 0.0217. The number of aliphatic hydroxyl groups excluding tert-OH is 1. The van der Waals surface area contributed by atoms with Gasteiger partial charge >= 0.3 is 0 Å². The number of aliphatic hydroxyl groups is 1. The lowest BCUT2D eigenvalue weighted by Gasteiger charge is -2.14. The van der Waals surface area contributed by atoms with Crippen molar-refractivity contribution in [2.24, 2.45) is 0 Å². The highest BCUT2D eigenvalue weighted by Crippen LogP contribution is 2.20. The number of hydrogen-bond donors (Lipinski definition) is 3. The molecule has 0 saturated heterocycles. The fourth-order valence-electron chi connectivity index (χ4n) is 1.10. The predicted molar refractivity (Wildman–Crippen MR) is 60.5 cm³/mol. The Labute approximate surface area is 95.1 Å². The molecule has 0 aromatic carbocycles. The van der Waals surface area contributed by atoms with Crippen molar-refractivity contribution >= 4 is 0 Å². The van der Waals surface area contributed by atoms with Crippen molar-refractivity contribution in [1.82, 2.24) is 10.3 Å². The molecule has 0 aliphatic heterocycles. The van der Waals surface area contributed by atoms with Crippen LogP contribution in [0.25, 0.3) is 0 Å². The minimum atomic E-state index is -0.621. The molecule has 0 radical (unpaired) electrons. The fourth-order valence-corrected chi connectivity index (χ4v) is 1.10. The van der Waals surface area contributed by atoms with Crippen molar-refractivity contribution in [2.75, 3.05) is 13.2 Å². The molecule has 1 atom stereocenters. The molecule has 16 heavy (non-hydrogen) atoms. The molecule has 3 N–H and O–H groups in total. The molecule has 0 amide bonds. The smallest absolute Gasteiger partial charge is 0.256 e. The number of rotatable bonds is 6. The van der Waals surface area contributed by atoms with Gasteiger partial charge in [-0.2, -0.15) is 0 Å². The van der Waals surface area contributed by atoms with Crippen molar-refractivity contribution in [3.05, 3.63) is 18.3 Å². The van der Waals surface area contributed by atoms with Crippen LogP contribution >= 0.6 is 0 Å². The summed E-state index contributed by atoms with van der Waals surface area (Å²) in [7, 11) is 0. The van der Waals surface area contributed by atoms with E-state index in [2.05, 4.69) is 10.3 Å². The molecule has 90 valence electrons. The lowest BCUT2D eigenvalue weighted by atomic mass is 10.3. The molecule has 1 rings (SSSR count). The lowest BCUT2D eigenvalue weighted by Crippen LogP contribution is -2.35. The topological polar surface area (TPSA) is 74.6 Å². The van der Waals surface area contributed by atoms with Gasteiger partial charge in [0.2, 0.25) is 0 Å². The van der Waals surface area contributed by atoms with Gasteiger partial charge in [0.05, 0.1) is 0 Å². The third kappa shape index (κ3) is 4.46. The fraction of sp³-hybridized carbons (Fsp3) is 0.545. The first-order valence-corrected chi connectivity index (χ1v) is 5.28.